The van der Waals surface area contributed by atoms with Crippen LogP contribution in [0.1, 0.15) is 24.1 Å². The third-order valence-corrected chi connectivity index (χ3v) is 5.28. The molecule has 0 spiro atoms. The van der Waals surface area contributed by atoms with Crippen LogP contribution in [0.25, 0.3) is 0 Å². The van der Waals surface area contributed by atoms with Crippen molar-refractivity contribution in [3.05, 3.63) is 72.3 Å². The highest BCUT2D eigenvalue weighted by Gasteiger charge is 2.15. The van der Waals surface area contributed by atoms with Crippen molar-refractivity contribution in [1.29, 1.82) is 0 Å². The fourth-order valence-corrected chi connectivity index (χ4v) is 3.35. The van der Waals surface area contributed by atoms with Crippen molar-refractivity contribution in [2.45, 2.75) is 25.6 Å². The molecule has 1 unspecified atom stereocenters. The molecule has 1 heterocycles. The quantitative estimate of drug-likeness (QED) is 0.593. The third-order valence-electron chi connectivity index (χ3n) is 4.27. The molecule has 2 amide bonds. The van der Waals surface area contributed by atoms with Gasteiger partial charge in [-0.25, -0.2) is 9.67 Å². The molecule has 0 saturated carbocycles. The Bertz CT molecular complexity index is 940. The number of hydrogen-bond donors (Lipinski definition) is 2. The molecule has 3 rings (SSSR count). The summed E-state index contributed by atoms with van der Waals surface area (Å²) in [6.45, 7) is 3.80. The average molecular weight is 410 g/mol. The van der Waals surface area contributed by atoms with Gasteiger partial charge in [-0.1, -0.05) is 29.8 Å². The highest BCUT2D eigenvalue weighted by molar-refractivity contribution is 7.99. The lowest BCUT2D eigenvalue weighted by molar-refractivity contribution is -0.119. The first-order valence-electron chi connectivity index (χ1n) is 9.19. The first-order valence-corrected chi connectivity index (χ1v) is 10.3. The summed E-state index contributed by atoms with van der Waals surface area (Å²) in [4.78, 5) is 28.2. The molecule has 150 valence electrons. The number of nitrogens with one attached hydrogen (secondary N) is 2. The van der Waals surface area contributed by atoms with Gasteiger partial charge in [-0.15, -0.1) is 11.8 Å². The topological polar surface area (TPSA) is 88.9 Å². The zero-order chi connectivity index (χ0) is 20.6. The van der Waals surface area contributed by atoms with Gasteiger partial charge < -0.3 is 10.6 Å². The molecule has 2 N–H and O–H groups in total. The van der Waals surface area contributed by atoms with E-state index in [2.05, 4.69) is 51.9 Å². The number of aryl methyl sites for hydroxylation is 1. The highest BCUT2D eigenvalue weighted by Crippen LogP contribution is 2.17. The van der Waals surface area contributed by atoms with Crippen LogP contribution >= 0.6 is 11.8 Å². The molecule has 2 aromatic carbocycles. The summed E-state index contributed by atoms with van der Waals surface area (Å²) in [7, 11) is 0. The van der Waals surface area contributed by atoms with Crippen molar-refractivity contribution >= 4 is 35.0 Å². The minimum atomic E-state index is -0.470. The number of carbonyl (C=O) groups is 2. The lowest BCUT2D eigenvalue weighted by Gasteiger charge is -2.12. The maximum Gasteiger partial charge on any atom is 0.249 e. The van der Waals surface area contributed by atoms with E-state index in [-0.39, 0.29) is 11.8 Å². The van der Waals surface area contributed by atoms with Gasteiger partial charge in [0.15, 0.2) is 0 Å². The lowest BCUT2D eigenvalue weighted by atomic mass is 10.2. The Balaban J connectivity index is 1.44. The SMILES string of the molecule is Cc1ccc(CSCC(=O)Nc2ccc(NC(=O)C(C)n3cncn3)cc2)cc1. The molecule has 8 heteroatoms. The molecule has 29 heavy (non-hydrogen) atoms. The number of carbonyl (C=O) groups excluding carboxylic acids is 2. The van der Waals surface area contributed by atoms with Crippen molar-refractivity contribution in [2.75, 3.05) is 16.4 Å². The van der Waals surface area contributed by atoms with Crippen molar-refractivity contribution in [3.8, 4) is 0 Å². The Hall–Kier alpha value is -3.13. The van der Waals surface area contributed by atoms with Crippen LogP contribution in [0.5, 0.6) is 0 Å². The van der Waals surface area contributed by atoms with E-state index in [0.717, 1.165) is 5.75 Å². The molecule has 0 fully saturated rings. The predicted molar refractivity (Wildman–Crippen MR) is 116 cm³/mol. The highest BCUT2D eigenvalue weighted by atomic mass is 32.2. The Labute approximate surface area is 173 Å². The van der Waals surface area contributed by atoms with Crippen LogP contribution in [0, 0.1) is 6.92 Å². The summed E-state index contributed by atoms with van der Waals surface area (Å²) < 4.78 is 1.48. The summed E-state index contributed by atoms with van der Waals surface area (Å²) in [5.74, 6) is 0.920. The third kappa shape index (κ3) is 6.18. The lowest BCUT2D eigenvalue weighted by Crippen LogP contribution is -2.24. The van der Waals surface area contributed by atoms with E-state index >= 15 is 0 Å². The van der Waals surface area contributed by atoms with Crippen LogP contribution in [0.4, 0.5) is 11.4 Å². The van der Waals surface area contributed by atoms with E-state index in [1.807, 2.05) is 0 Å². The van der Waals surface area contributed by atoms with Crippen LogP contribution in [-0.2, 0) is 15.3 Å². The average Bonchev–Trinajstić information content (AvgIpc) is 3.25. The number of anilines is 2. The maximum absolute atomic E-state index is 12.3. The van der Waals surface area contributed by atoms with Gasteiger partial charge >= 0.3 is 0 Å². The second-order valence-corrected chi connectivity index (χ2v) is 7.63. The van der Waals surface area contributed by atoms with Gasteiger partial charge in [0.2, 0.25) is 11.8 Å². The second kappa shape index (κ2) is 9.88. The monoisotopic (exact) mass is 409 g/mol. The van der Waals surface area contributed by atoms with Gasteiger partial charge in [-0.05, 0) is 43.7 Å². The molecule has 7 nitrogen and oxygen atoms in total. The van der Waals surface area contributed by atoms with Gasteiger partial charge in [-0.3, -0.25) is 9.59 Å². The van der Waals surface area contributed by atoms with Crippen molar-refractivity contribution in [2.24, 2.45) is 0 Å². The number of rotatable bonds is 8. The van der Waals surface area contributed by atoms with Gasteiger partial charge in [0.1, 0.15) is 18.7 Å². The summed E-state index contributed by atoms with van der Waals surface area (Å²) >= 11 is 1.57. The van der Waals surface area contributed by atoms with E-state index in [0.29, 0.717) is 17.1 Å². The number of amides is 2. The number of hydrogen-bond acceptors (Lipinski definition) is 5. The molecule has 0 aliphatic heterocycles. The largest absolute Gasteiger partial charge is 0.325 e. The summed E-state index contributed by atoms with van der Waals surface area (Å²) in [6, 6.07) is 14.9. The van der Waals surface area contributed by atoms with Crippen LogP contribution < -0.4 is 10.6 Å². The summed E-state index contributed by atoms with van der Waals surface area (Å²) in [5.41, 5.74) is 3.76. The molecule has 3 aromatic rings. The van der Waals surface area contributed by atoms with Crippen LogP contribution in [0.2, 0.25) is 0 Å². The van der Waals surface area contributed by atoms with Gasteiger partial charge in [0.25, 0.3) is 0 Å². The Morgan fingerprint density at radius 2 is 1.69 bits per heavy atom. The van der Waals surface area contributed by atoms with E-state index in [1.54, 1.807) is 43.0 Å². The molecule has 0 saturated heterocycles. The van der Waals surface area contributed by atoms with E-state index in [9.17, 15) is 9.59 Å². The summed E-state index contributed by atoms with van der Waals surface area (Å²) in [6.07, 6.45) is 2.89. The number of thioether (sulfide) groups is 1. The fraction of sp³-hybridized carbons (Fsp3) is 0.238. The summed E-state index contributed by atoms with van der Waals surface area (Å²) in [5, 5.41) is 9.66. The fourth-order valence-electron chi connectivity index (χ4n) is 2.56. The number of aromatic nitrogens is 3. The van der Waals surface area contributed by atoms with Crippen LogP contribution in [-0.4, -0.2) is 32.3 Å². The van der Waals surface area contributed by atoms with Gasteiger partial charge in [-0.2, -0.15) is 5.10 Å². The molecule has 1 atom stereocenters. The first kappa shape index (κ1) is 20.6. The molecule has 0 aliphatic rings. The Morgan fingerprint density at radius 3 is 2.31 bits per heavy atom. The Kier molecular flexibility index (Phi) is 7.02. The molecular formula is C21H23N5O2S. The molecule has 0 radical (unpaired) electrons. The van der Waals surface area contributed by atoms with Crippen molar-refractivity contribution in [3.63, 3.8) is 0 Å². The Morgan fingerprint density at radius 1 is 1.03 bits per heavy atom. The van der Waals surface area contributed by atoms with E-state index in [1.165, 1.54) is 28.5 Å². The van der Waals surface area contributed by atoms with Gasteiger partial charge in [0.05, 0.1) is 5.75 Å². The molecule has 1 aromatic heterocycles. The number of nitrogens with zero attached hydrogens (tertiary/aromatic N) is 3. The molecule has 0 aliphatic carbocycles. The van der Waals surface area contributed by atoms with Crippen molar-refractivity contribution < 1.29 is 9.59 Å². The molecular weight excluding hydrogens is 386 g/mol. The smallest absolute Gasteiger partial charge is 0.249 e. The standard InChI is InChI=1S/C21H23N5O2S/c1-15-3-5-17(6-4-15)11-29-12-20(27)24-18-7-9-19(10-8-18)25-21(28)16(2)26-14-22-13-23-26/h3-10,13-14,16H,11-12H2,1-2H3,(H,24,27)(H,25,28). The number of benzene rings is 2. The minimum absolute atomic E-state index is 0.0568. The van der Waals surface area contributed by atoms with E-state index in [4.69, 9.17) is 0 Å². The van der Waals surface area contributed by atoms with Gasteiger partial charge in [0, 0.05) is 17.1 Å². The molecule has 0 bridgehead atoms. The normalized spacial score (nSPS) is 11.7. The van der Waals surface area contributed by atoms with E-state index < -0.39 is 6.04 Å². The maximum atomic E-state index is 12.3. The first-order chi connectivity index (χ1) is 14.0. The predicted octanol–water partition coefficient (Wildman–Crippen LogP) is 3.66. The van der Waals surface area contributed by atoms with Crippen LogP contribution in [0.3, 0.4) is 0 Å². The van der Waals surface area contributed by atoms with Crippen LogP contribution in [0.15, 0.2) is 61.2 Å². The van der Waals surface area contributed by atoms with Crippen molar-refractivity contribution in [1.82, 2.24) is 14.8 Å². The second-order valence-electron chi connectivity index (χ2n) is 6.64. The zero-order valence-electron chi connectivity index (χ0n) is 16.3. The zero-order valence-corrected chi connectivity index (χ0v) is 17.1. The minimum Gasteiger partial charge on any atom is -0.325 e.